The molecule has 3 heterocycles. The number of carbonyl (C=O) groups is 2. The maximum Gasteiger partial charge on any atom is 0.261 e. The van der Waals surface area contributed by atoms with E-state index in [0.717, 1.165) is 11.3 Å². The SMILES string of the molecule is COc1cccc(Cn2c(CN3C(=O)c4ccccc4C3=O)nc3cccnc32)c1. The van der Waals surface area contributed by atoms with Crippen molar-refractivity contribution in [1.29, 1.82) is 0 Å². The van der Waals surface area contributed by atoms with Crippen LogP contribution >= 0.6 is 0 Å². The number of rotatable bonds is 5. The summed E-state index contributed by atoms with van der Waals surface area (Å²) in [5.74, 6) is 0.750. The molecule has 2 aromatic heterocycles. The molecule has 0 unspecified atom stereocenters. The summed E-state index contributed by atoms with van der Waals surface area (Å²) in [5, 5.41) is 0. The number of carbonyl (C=O) groups excluding carboxylic acids is 2. The van der Waals surface area contributed by atoms with E-state index in [1.807, 2.05) is 41.0 Å². The lowest BCUT2D eigenvalue weighted by atomic mass is 10.1. The van der Waals surface area contributed by atoms with Crippen molar-refractivity contribution in [2.45, 2.75) is 13.1 Å². The second-order valence-electron chi connectivity index (χ2n) is 7.05. The summed E-state index contributed by atoms with van der Waals surface area (Å²) in [6.07, 6.45) is 1.71. The van der Waals surface area contributed by atoms with Crippen molar-refractivity contribution in [2.24, 2.45) is 0 Å². The predicted octanol–water partition coefficient (Wildman–Crippen LogP) is 3.28. The van der Waals surface area contributed by atoms with Crippen molar-refractivity contribution in [3.05, 3.63) is 89.4 Å². The van der Waals surface area contributed by atoms with E-state index in [2.05, 4.69) is 9.97 Å². The molecular formula is C23H18N4O3. The Morgan fingerprint density at radius 2 is 1.67 bits per heavy atom. The van der Waals surface area contributed by atoms with Gasteiger partial charge in [0.05, 0.1) is 31.3 Å². The number of pyridine rings is 1. The molecule has 7 heteroatoms. The van der Waals surface area contributed by atoms with Crippen LogP contribution in [-0.4, -0.2) is 38.4 Å². The van der Waals surface area contributed by atoms with Gasteiger partial charge < -0.3 is 9.30 Å². The number of hydrogen-bond acceptors (Lipinski definition) is 5. The van der Waals surface area contributed by atoms with Gasteiger partial charge in [0, 0.05) is 6.20 Å². The van der Waals surface area contributed by atoms with E-state index in [0.29, 0.717) is 34.7 Å². The Hall–Kier alpha value is -4.00. The number of hydrogen-bond donors (Lipinski definition) is 0. The quantitative estimate of drug-likeness (QED) is 0.482. The topological polar surface area (TPSA) is 77.3 Å². The number of methoxy groups -OCH3 is 1. The minimum atomic E-state index is -0.302. The van der Waals surface area contributed by atoms with E-state index in [-0.39, 0.29) is 18.4 Å². The number of amides is 2. The van der Waals surface area contributed by atoms with Crippen molar-refractivity contribution in [2.75, 3.05) is 7.11 Å². The molecule has 0 saturated heterocycles. The van der Waals surface area contributed by atoms with Crippen molar-refractivity contribution in [3.8, 4) is 5.75 Å². The minimum absolute atomic E-state index is 0.0761. The molecule has 2 aromatic carbocycles. The van der Waals surface area contributed by atoms with Crippen LogP contribution in [0.4, 0.5) is 0 Å². The van der Waals surface area contributed by atoms with Gasteiger partial charge in [0.25, 0.3) is 11.8 Å². The summed E-state index contributed by atoms with van der Waals surface area (Å²) in [7, 11) is 1.63. The largest absolute Gasteiger partial charge is 0.497 e. The van der Waals surface area contributed by atoms with Crippen LogP contribution in [0, 0.1) is 0 Å². The van der Waals surface area contributed by atoms with E-state index in [9.17, 15) is 9.59 Å². The average Bonchev–Trinajstić information content (AvgIpc) is 3.24. The Bertz CT molecular complexity index is 1260. The second-order valence-corrected chi connectivity index (χ2v) is 7.05. The summed E-state index contributed by atoms with van der Waals surface area (Å²) < 4.78 is 7.26. The third-order valence-electron chi connectivity index (χ3n) is 5.24. The maximum absolute atomic E-state index is 12.8. The van der Waals surface area contributed by atoms with Crippen LogP contribution in [0.5, 0.6) is 5.75 Å². The van der Waals surface area contributed by atoms with Crippen LogP contribution in [0.25, 0.3) is 11.2 Å². The number of fused-ring (bicyclic) bond motifs is 2. The molecule has 0 radical (unpaired) electrons. The Kier molecular flexibility index (Phi) is 4.28. The van der Waals surface area contributed by atoms with Crippen LogP contribution < -0.4 is 4.74 Å². The number of imidazole rings is 1. The van der Waals surface area contributed by atoms with E-state index < -0.39 is 0 Å². The Labute approximate surface area is 172 Å². The Morgan fingerprint density at radius 3 is 2.40 bits per heavy atom. The normalized spacial score (nSPS) is 13.2. The van der Waals surface area contributed by atoms with Crippen molar-refractivity contribution in [1.82, 2.24) is 19.4 Å². The minimum Gasteiger partial charge on any atom is -0.497 e. The highest BCUT2D eigenvalue weighted by atomic mass is 16.5. The summed E-state index contributed by atoms with van der Waals surface area (Å²) in [4.78, 5) is 36.0. The standard InChI is InChI=1S/C23H18N4O3/c1-30-16-7-4-6-15(12-16)13-26-20(25-19-10-5-11-24-21(19)26)14-27-22(28)17-8-2-3-9-18(17)23(27)29/h2-12H,13-14H2,1H3. The lowest BCUT2D eigenvalue weighted by Gasteiger charge is -2.15. The zero-order chi connectivity index (χ0) is 20.7. The van der Waals surface area contributed by atoms with E-state index in [1.54, 1.807) is 37.6 Å². The highest BCUT2D eigenvalue weighted by molar-refractivity contribution is 6.21. The van der Waals surface area contributed by atoms with Crippen LogP contribution in [0.2, 0.25) is 0 Å². The number of aromatic nitrogens is 3. The zero-order valence-corrected chi connectivity index (χ0v) is 16.3. The van der Waals surface area contributed by atoms with Gasteiger partial charge in [0.15, 0.2) is 5.65 Å². The molecule has 4 aromatic rings. The summed E-state index contributed by atoms with van der Waals surface area (Å²) >= 11 is 0. The number of imide groups is 1. The molecular weight excluding hydrogens is 380 g/mol. The molecule has 0 bridgehead atoms. The van der Waals surface area contributed by atoms with Crippen LogP contribution in [-0.2, 0) is 13.1 Å². The fourth-order valence-electron chi connectivity index (χ4n) is 3.77. The zero-order valence-electron chi connectivity index (χ0n) is 16.3. The van der Waals surface area contributed by atoms with Crippen molar-refractivity contribution in [3.63, 3.8) is 0 Å². The van der Waals surface area contributed by atoms with E-state index in [1.165, 1.54) is 4.90 Å². The molecule has 0 saturated carbocycles. The van der Waals surface area contributed by atoms with Crippen LogP contribution in [0.15, 0.2) is 66.9 Å². The molecule has 1 aliphatic heterocycles. The molecule has 5 rings (SSSR count). The fraction of sp³-hybridized carbons (Fsp3) is 0.130. The fourth-order valence-corrected chi connectivity index (χ4v) is 3.77. The van der Waals surface area contributed by atoms with Gasteiger partial charge >= 0.3 is 0 Å². The smallest absolute Gasteiger partial charge is 0.261 e. The number of benzene rings is 2. The highest BCUT2D eigenvalue weighted by Gasteiger charge is 2.36. The second kappa shape index (κ2) is 7.11. The van der Waals surface area contributed by atoms with Crippen LogP contribution in [0.3, 0.4) is 0 Å². The monoisotopic (exact) mass is 398 g/mol. The molecule has 1 aliphatic rings. The van der Waals surface area contributed by atoms with Gasteiger partial charge in [0.1, 0.15) is 17.1 Å². The lowest BCUT2D eigenvalue weighted by molar-refractivity contribution is 0.0637. The van der Waals surface area contributed by atoms with E-state index in [4.69, 9.17) is 4.74 Å². The lowest BCUT2D eigenvalue weighted by Crippen LogP contribution is -2.30. The van der Waals surface area contributed by atoms with E-state index >= 15 is 0 Å². The van der Waals surface area contributed by atoms with Gasteiger partial charge in [-0.15, -0.1) is 0 Å². The predicted molar refractivity (Wildman–Crippen MR) is 110 cm³/mol. The summed E-state index contributed by atoms with van der Waals surface area (Å²) in [6, 6.07) is 18.3. The Morgan fingerprint density at radius 1 is 0.900 bits per heavy atom. The third-order valence-corrected chi connectivity index (χ3v) is 5.24. The van der Waals surface area contributed by atoms with Gasteiger partial charge in [-0.2, -0.15) is 0 Å². The molecule has 0 spiro atoms. The molecule has 30 heavy (non-hydrogen) atoms. The van der Waals surface area contributed by atoms with Gasteiger partial charge in [-0.1, -0.05) is 24.3 Å². The first-order chi connectivity index (χ1) is 14.7. The van der Waals surface area contributed by atoms with Crippen molar-refractivity contribution >= 4 is 23.0 Å². The molecule has 0 atom stereocenters. The molecule has 0 aliphatic carbocycles. The first-order valence-corrected chi connectivity index (χ1v) is 9.54. The first kappa shape index (κ1) is 18.1. The van der Waals surface area contributed by atoms with Gasteiger partial charge in [-0.05, 0) is 42.0 Å². The Balaban J connectivity index is 1.54. The molecule has 2 amide bonds. The number of nitrogens with zero attached hydrogens (tertiary/aromatic N) is 4. The summed E-state index contributed by atoms with van der Waals surface area (Å²) in [6.45, 7) is 0.565. The molecule has 7 nitrogen and oxygen atoms in total. The molecule has 0 N–H and O–H groups in total. The first-order valence-electron chi connectivity index (χ1n) is 9.54. The van der Waals surface area contributed by atoms with Gasteiger partial charge in [0.2, 0.25) is 0 Å². The van der Waals surface area contributed by atoms with Crippen LogP contribution in [0.1, 0.15) is 32.1 Å². The highest BCUT2D eigenvalue weighted by Crippen LogP contribution is 2.26. The van der Waals surface area contributed by atoms with Gasteiger partial charge in [-0.25, -0.2) is 9.97 Å². The summed E-state index contributed by atoms with van der Waals surface area (Å²) in [5.41, 5.74) is 3.27. The molecule has 0 fully saturated rings. The number of ether oxygens (including phenoxy) is 1. The van der Waals surface area contributed by atoms with Crippen molar-refractivity contribution < 1.29 is 14.3 Å². The average molecular weight is 398 g/mol. The van der Waals surface area contributed by atoms with Gasteiger partial charge in [-0.3, -0.25) is 14.5 Å². The molecule has 148 valence electrons. The third kappa shape index (κ3) is 2.91. The maximum atomic E-state index is 12.8.